The highest BCUT2D eigenvalue weighted by Gasteiger charge is 2.21. The van der Waals surface area contributed by atoms with Crippen molar-refractivity contribution in [2.75, 3.05) is 0 Å². The van der Waals surface area contributed by atoms with Gasteiger partial charge in [-0.3, -0.25) is 0 Å². The minimum atomic E-state index is -3.61. The molecular weight excluding hydrogens is 236 g/mol. The van der Waals surface area contributed by atoms with E-state index in [2.05, 4.69) is 4.72 Å². The summed E-state index contributed by atoms with van der Waals surface area (Å²) in [6, 6.07) is 6.61. The zero-order valence-corrected chi connectivity index (χ0v) is 11.0. The predicted molar refractivity (Wildman–Crippen MR) is 66.0 cm³/mol. The molecule has 0 radical (unpaired) electrons. The fourth-order valence-electron chi connectivity index (χ4n) is 1.42. The number of sulfonamides is 1. The number of rotatable bonds is 4. The summed E-state index contributed by atoms with van der Waals surface area (Å²) >= 11 is 0. The van der Waals surface area contributed by atoms with Gasteiger partial charge in [0, 0.05) is 6.04 Å². The smallest absolute Gasteiger partial charge is 0.208 e. The molecule has 1 aromatic rings. The molecule has 5 heteroatoms. The second kappa shape index (κ2) is 5.30. The van der Waals surface area contributed by atoms with Crippen LogP contribution in [-0.4, -0.2) is 14.5 Å². The van der Waals surface area contributed by atoms with Crippen molar-refractivity contribution in [3.63, 3.8) is 0 Å². The highest BCUT2D eigenvalue weighted by atomic mass is 32.2. The third-order valence-electron chi connectivity index (χ3n) is 2.60. The van der Waals surface area contributed by atoms with Gasteiger partial charge in [0.1, 0.15) is 11.0 Å². The Morgan fingerprint density at radius 1 is 1.47 bits per heavy atom. The van der Waals surface area contributed by atoms with Gasteiger partial charge in [-0.25, -0.2) is 13.1 Å². The Balaban J connectivity index is 3.26. The summed E-state index contributed by atoms with van der Waals surface area (Å²) in [5, 5.41) is 9.01. The number of nitriles is 1. The Bertz CT molecular complexity index is 544. The Morgan fingerprint density at radius 2 is 2.12 bits per heavy atom. The number of hydrogen-bond donors (Lipinski definition) is 1. The quantitative estimate of drug-likeness (QED) is 0.890. The maximum Gasteiger partial charge on any atom is 0.242 e. The van der Waals surface area contributed by atoms with Crippen LogP contribution in [0.4, 0.5) is 0 Å². The van der Waals surface area contributed by atoms with Crippen LogP contribution < -0.4 is 4.72 Å². The molecule has 1 atom stereocenters. The number of nitrogens with one attached hydrogen (secondary N) is 1. The first-order chi connectivity index (χ1) is 7.92. The molecule has 4 nitrogen and oxygen atoms in total. The number of hydrogen-bond acceptors (Lipinski definition) is 3. The van der Waals surface area contributed by atoms with Gasteiger partial charge in [0.05, 0.1) is 5.56 Å². The van der Waals surface area contributed by atoms with Crippen LogP contribution in [0, 0.1) is 18.3 Å². The van der Waals surface area contributed by atoms with Crippen molar-refractivity contribution >= 4 is 10.0 Å². The van der Waals surface area contributed by atoms with E-state index in [1.54, 1.807) is 26.0 Å². The van der Waals surface area contributed by atoms with Crippen LogP contribution in [0.1, 0.15) is 31.4 Å². The van der Waals surface area contributed by atoms with Crippen molar-refractivity contribution in [3.05, 3.63) is 29.3 Å². The highest BCUT2D eigenvalue weighted by molar-refractivity contribution is 7.89. The molecule has 0 aromatic heterocycles. The number of aryl methyl sites for hydroxylation is 1. The summed E-state index contributed by atoms with van der Waals surface area (Å²) in [5.41, 5.74) is 0.878. The fraction of sp³-hybridized carbons (Fsp3) is 0.417. The molecule has 17 heavy (non-hydrogen) atoms. The minimum absolute atomic E-state index is 0.0558. The van der Waals surface area contributed by atoms with Crippen molar-refractivity contribution in [2.45, 2.75) is 38.1 Å². The zero-order chi connectivity index (χ0) is 13.1. The molecule has 1 N–H and O–H groups in total. The second-order valence-electron chi connectivity index (χ2n) is 3.99. The second-order valence-corrected chi connectivity index (χ2v) is 5.67. The highest BCUT2D eigenvalue weighted by Crippen LogP contribution is 2.18. The Morgan fingerprint density at radius 3 is 2.65 bits per heavy atom. The van der Waals surface area contributed by atoms with Crippen LogP contribution in [0.25, 0.3) is 0 Å². The Kier molecular flexibility index (Phi) is 4.27. The molecule has 0 aliphatic rings. The number of benzene rings is 1. The lowest BCUT2D eigenvalue weighted by molar-refractivity contribution is 0.555. The first-order valence-electron chi connectivity index (χ1n) is 5.44. The zero-order valence-electron chi connectivity index (χ0n) is 10.2. The maximum atomic E-state index is 12.1. The molecule has 0 fully saturated rings. The molecule has 1 unspecified atom stereocenters. The molecule has 0 amide bonds. The lowest BCUT2D eigenvalue weighted by Crippen LogP contribution is -2.32. The van der Waals surface area contributed by atoms with E-state index in [1.807, 2.05) is 13.0 Å². The SMILES string of the molecule is CCC(C)NS(=O)(=O)c1cccc(C)c1C#N. The third-order valence-corrected chi connectivity index (χ3v) is 4.24. The van der Waals surface area contributed by atoms with Crippen LogP contribution in [0.3, 0.4) is 0 Å². The molecule has 92 valence electrons. The van der Waals surface area contributed by atoms with Crippen LogP contribution >= 0.6 is 0 Å². The van der Waals surface area contributed by atoms with Crippen molar-refractivity contribution in [3.8, 4) is 6.07 Å². The largest absolute Gasteiger partial charge is 0.242 e. The lowest BCUT2D eigenvalue weighted by Gasteiger charge is -2.13. The molecule has 0 aliphatic heterocycles. The van der Waals surface area contributed by atoms with Crippen molar-refractivity contribution in [1.82, 2.24) is 4.72 Å². The molecule has 1 aromatic carbocycles. The number of nitrogens with zero attached hydrogens (tertiary/aromatic N) is 1. The van der Waals surface area contributed by atoms with Gasteiger partial charge in [-0.1, -0.05) is 19.1 Å². The molecule has 0 heterocycles. The molecule has 0 spiro atoms. The van der Waals surface area contributed by atoms with Crippen LogP contribution in [0.15, 0.2) is 23.1 Å². The van der Waals surface area contributed by atoms with Crippen molar-refractivity contribution in [1.29, 1.82) is 5.26 Å². The van der Waals surface area contributed by atoms with Gasteiger partial charge in [0.2, 0.25) is 10.0 Å². The maximum absolute atomic E-state index is 12.1. The fourth-order valence-corrected chi connectivity index (χ4v) is 2.98. The molecule has 0 aliphatic carbocycles. The average molecular weight is 252 g/mol. The molecule has 0 saturated carbocycles. The van der Waals surface area contributed by atoms with Gasteiger partial charge in [0.25, 0.3) is 0 Å². The Labute approximate surface area is 102 Å². The van der Waals surface area contributed by atoms with E-state index in [0.717, 1.165) is 0 Å². The van der Waals surface area contributed by atoms with E-state index in [1.165, 1.54) is 6.07 Å². The van der Waals surface area contributed by atoms with Crippen molar-refractivity contribution < 1.29 is 8.42 Å². The molecule has 1 rings (SSSR count). The van der Waals surface area contributed by atoms with E-state index < -0.39 is 10.0 Å². The summed E-state index contributed by atoms with van der Waals surface area (Å²) in [4.78, 5) is 0.0558. The van der Waals surface area contributed by atoms with Gasteiger partial charge in [-0.2, -0.15) is 5.26 Å². The Hall–Kier alpha value is -1.38. The van der Waals surface area contributed by atoms with Crippen LogP contribution in [-0.2, 0) is 10.0 Å². The van der Waals surface area contributed by atoms with Gasteiger partial charge in [0.15, 0.2) is 0 Å². The average Bonchev–Trinajstić information content (AvgIpc) is 2.28. The van der Waals surface area contributed by atoms with Gasteiger partial charge < -0.3 is 0 Å². The van der Waals surface area contributed by atoms with Crippen molar-refractivity contribution in [2.24, 2.45) is 0 Å². The van der Waals surface area contributed by atoms with Gasteiger partial charge in [-0.05, 0) is 31.9 Å². The molecular formula is C12H16N2O2S. The summed E-state index contributed by atoms with van der Waals surface area (Å²) in [5.74, 6) is 0. The first kappa shape index (κ1) is 13.7. The summed E-state index contributed by atoms with van der Waals surface area (Å²) in [6.07, 6.45) is 0.701. The normalized spacial score (nSPS) is 13.1. The summed E-state index contributed by atoms with van der Waals surface area (Å²) in [7, 11) is -3.61. The van der Waals surface area contributed by atoms with E-state index >= 15 is 0 Å². The first-order valence-corrected chi connectivity index (χ1v) is 6.92. The van der Waals surface area contributed by atoms with Gasteiger partial charge >= 0.3 is 0 Å². The summed E-state index contributed by atoms with van der Waals surface area (Å²) < 4.78 is 26.7. The van der Waals surface area contributed by atoms with E-state index in [9.17, 15) is 8.42 Å². The standard InChI is InChI=1S/C12H16N2O2S/c1-4-10(3)14-17(15,16)12-7-5-6-9(2)11(12)8-13/h5-7,10,14H,4H2,1-3H3. The van der Waals surface area contributed by atoms with E-state index in [-0.39, 0.29) is 16.5 Å². The lowest BCUT2D eigenvalue weighted by atomic mass is 10.1. The topological polar surface area (TPSA) is 70.0 Å². The monoisotopic (exact) mass is 252 g/mol. The molecule has 0 saturated heterocycles. The third kappa shape index (κ3) is 3.05. The van der Waals surface area contributed by atoms with Crippen LogP contribution in [0.5, 0.6) is 0 Å². The van der Waals surface area contributed by atoms with E-state index in [4.69, 9.17) is 5.26 Å². The summed E-state index contributed by atoms with van der Waals surface area (Å²) in [6.45, 7) is 5.41. The molecule has 0 bridgehead atoms. The van der Waals surface area contributed by atoms with Gasteiger partial charge in [-0.15, -0.1) is 0 Å². The minimum Gasteiger partial charge on any atom is -0.208 e. The van der Waals surface area contributed by atoms with Crippen LogP contribution in [0.2, 0.25) is 0 Å². The van der Waals surface area contributed by atoms with E-state index in [0.29, 0.717) is 12.0 Å². The predicted octanol–water partition coefficient (Wildman–Crippen LogP) is 1.94.